The highest BCUT2D eigenvalue weighted by atomic mass is 19.1. The molecule has 1 aliphatic carbocycles. The number of benzene rings is 3. The van der Waals surface area contributed by atoms with Crippen LogP contribution in [0.15, 0.2) is 66.7 Å². The molecular weight excluding hydrogens is 512 g/mol. The summed E-state index contributed by atoms with van der Waals surface area (Å²) in [6.07, 6.45) is 2.90. The summed E-state index contributed by atoms with van der Waals surface area (Å²) in [7, 11) is 0. The summed E-state index contributed by atoms with van der Waals surface area (Å²) in [5, 5.41) is 20.0. The average molecular weight is 550 g/mol. The van der Waals surface area contributed by atoms with Crippen LogP contribution >= 0.6 is 0 Å². The second kappa shape index (κ2) is 14.1. The van der Waals surface area contributed by atoms with Gasteiger partial charge < -0.3 is 21.1 Å². The van der Waals surface area contributed by atoms with Gasteiger partial charge in [0.25, 0.3) is 5.91 Å². The van der Waals surface area contributed by atoms with Crippen molar-refractivity contribution in [2.24, 2.45) is 5.92 Å². The molecule has 0 aliphatic heterocycles. The molecule has 4 N–H and O–H groups in total. The number of nitrogens with one attached hydrogen (secondary N) is 3. The molecule has 6 nitrogen and oxygen atoms in total. The number of hydrogen-bond acceptors (Lipinski definition) is 4. The van der Waals surface area contributed by atoms with Crippen molar-refractivity contribution >= 4 is 11.8 Å². The Balaban J connectivity index is 1.38. The summed E-state index contributed by atoms with van der Waals surface area (Å²) in [6.45, 7) is 3.16. The zero-order valence-electron chi connectivity index (χ0n) is 22.8. The lowest BCUT2D eigenvalue weighted by Gasteiger charge is -2.25. The second-order valence-corrected chi connectivity index (χ2v) is 10.5. The van der Waals surface area contributed by atoms with Crippen LogP contribution in [0.1, 0.15) is 58.8 Å². The van der Waals surface area contributed by atoms with Gasteiger partial charge in [-0.05, 0) is 72.2 Å². The number of aryl methyl sites for hydroxylation is 1. The van der Waals surface area contributed by atoms with E-state index in [0.29, 0.717) is 24.2 Å². The van der Waals surface area contributed by atoms with Gasteiger partial charge in [0.1, 0.15) is 11.6 Å². The first-order valence-corrected chi connectivity index (χ1v) is 13.9. The monoisotopic (exact) mass is 549 g/mol. The average Bonchev–Trinajstić information content (AvgIpc) is 2.90. The highest BCUT2D eigenvalue weighted by Crippen LogP contribution is 2.26. The first-order valence-electron chi connectivity index (χ1n) is 13.9. The fourth-order valence-corrected chi connectivity index (χ4v) is 4.76. The molecule has 0 aromatic heterocycles. The first kappa shape index (κ1) is 29.4. The number of aliphatic hydroxyl groups is 1. The Hall–Kier alpha value is -3.62. The van der Waals surface area contributed by atoms with Gasteiger partial charge in [0.2, 0.25) is 5.91 Å². The highest BCUT2D eigenvalue weighted by Gasteiger charge is 2.25. The maximum atomic E-state index is 13.8. The van der Waals surface area contributed by atoms with Crippen molar-refractivity contribution in [1.29, 1.82) is 0 Å². The number of halogens is 2. The summed E-state index contributed by atoms with van der Waals surface area (Å²) in [5.41, 5.74) is 3.86. The van der Waals surface area contributed by atoms with E-state index in [1.807, 2.05) is 12.1 Å². The van der Waals surface area contributed by atoms with Gasteiger partial charge in [0.05, 0.1) is 12.1 Å². The van der Waals surface area contributed by atoms with Crippen molar-refractivity contribution < 1.29 is 23.5 Å². The zero-order valence-corrected chi connectivity index (χ0v) is 22.8. The fourth-order valence-electron chi connectivity index (χ4n) is 4.76. The van der Waals surface area contributed by atoms with E-state index in [1.54, 1.807) is 24.3 Å². The molecule has 4 rings (SSSR count). The van der Waals surface area contributed by atoms with E-state index >= 15 is 0 Å². The number of carbonyl (C=O) groups excluding carboxylic acids is 2. The van der Waals surface area contributed by atoms with E-state index in [1.165, 1.54) is 17.7 Å². The molecule has 3 aromatic rings. The standard InChI is InChI=1S/C32H37F2N3O3/c1-2-21-5-3-6-23(13-21)18-35-20-30(38)29(16-24-14-27(33)17-28(34)15-24)37-32(40)26-11-9-22(10-12-26)19-36-31(39)25-7-4-8-25/h3,5-6,9-15,17,25,29-30,35,38H,2,4,7-8,16,18-20H2,1H3,(H,36,39)(H,37,40)/t29-,30-/m0/s1. The summed E-state index contributed by atoms with van der Waals surface area (Å²) in [4.78, 5) is 25.2. The van der Waals surface area contributed by atoms with Crippen LogP contribution in [0.25, 0.3) is 0 Å². The van der Waals surface area contributed by atoms with E-state index in [0.717, 1.165) is 42.9 Å². The molecule has 1 aliphatic rings. The van der Waals surface area contributed by atoms with E-state index in [9.17, 15) is 23.5 Å². The molecule has 2 atom stereocenters. The Labute approximate surface area is 234 Å². The molecule has 0 saturated heterocycles. The van der Waals surface area contributed by atoms with Crippen LogP contribution in [-0.2, 0) is 30.7 Å². The molecular formula is C32H37F2N3O3. The minimum Gasteiger partial charge on any atom is -0.390 e. The van der Waals surface area contributed by atoms with Gasteiger partial charge in [-0.1, -0.05) is 49.7 Å². The van der Waals surface area contributed by atoms with Crippen molar-refractivity contribution in [3.05, 3.63) is 106 Å². The number of amides is 2. The molecule has 1 saturated carbocycles. The first-order chi connectivity index (χ1) is 19.3. The minimum atomic E-state index is -1.02. The normalized spacial score (nSPS) is 14.7. The topological polar surface area (TPSA) is 90.5 Å². The van der Waals surface area contributed by atoms with Crippen molar-refractivity contribution in [2.45, 2.75) is 64.3 Å². The van der Waals surface area contributed by atoms with Crippen LogP contribution in [0.5, 0.6) is 0 Å². The fraction of sp³-hybridized carbons (Fsp3) is 0.375. The molecule has 0 bridgehead atoms. The Morgan fingerprint density at radius 2 is 1.60 bits per heavy atom. The van der Waals surface area contributed by atoms with Gasteiger partial charge in [0, 0.05) is 37.2 Å². The molecule has 0 unspecified atom stereocenters. The molecule has 8 heteroatoms. The molecule has 1 fully saturated rings. The predicted molar refractivity (Wildman–Crippen MR) is 150 cm³/mol. The lowest BCUT2D eigenvalue weighted by atomic mass is 9.85. The molecule has 0 heterocycles. The Morgan fingerprint density at radius 1 is 0.900 bits per heavy atom. The Kier molecular flexibility index (Phi) is 10.4. The number of hydrogen-bond donors (Lipinski definition) is 4. The molecule has 3 aromatic carbocycles. The van der Waals surface area contributed by atoms with Crippen molar-refractivity contribution in [1.82, 2.24) is 16.0 Å². The smallest absolute Gasteiger partial charge is 0.251 e. The van der Waals surface area contributed by atoms with Crippen LogP contribution in [0.3, 0.4) is 0 Å². The summed E-state index contributed by atoms with van der Waals surface area (Å²) >= 11 is 0. The molecule has 40 heavy (non-hydrogen) atoms. The van der Waals surface area contributed by atoms with Crippen molar-refractivity contribution in [2.75, 3.05) is 6.54 Å². The Morgan fingerprint density at radius 3 is 2.25 bits per heavy atom. The lowest BCUT2D eigenvalue weighted by molar-refractivity contribution is -0.127. The summed E-state index contributed by atoms with van der Waals surface area (Å²) < 4.78 is 27.7. The van der Waals surface area contributed by atoms with Crippen LogP contribution < -0.4 is 16.0 Å². The van der Waals surface area contributed by atoms with Gasteiger partial charge >= 0.3 is 0 Å². The van der Waals surface area contributed by atoms with Crippen LogP contribution in [0, 0.1) is 17.6 Å². The number of carbonyl (C=O) groups is 2. The van der Waals surface area contributed by atoms with Gasteiger partial charge in [-0.25, -0.2) is 8.78 Å². The third-order valence-electron chi connectivity index (χ3n) is 7.40. The van der Waals surface area contributed by atoms with E-state index < -0.39 is 29.7 Å². The van der Waals surface area contributed by atoms with Crippen LogP contribution in [0.4, 0.5) is 8.78 Å². The van der Waals surface area contributed by atoms with Gasteiger partial charge in [-0.15, -0.1) is 0 Å². The van der Waals surface area contributed by atoms with Crippen LogP contribution in [0.2, 0.25) is 0 Å². The van der Waals surface area contributed by atoms with E-state index in [2.05, 4.69) is 35.0 Å². The van der Waals surface area contributed by atoms with Crippen LogP contribution in [-0.4, -0.2) is 35.6 Å². The molecule has 212 valence electrons. The summed E-state index contributed by atoms with van der Waals surface area (Å²) in [6, 6.07) is 17.4. The third-order valence-corrected chi connectivity index (χ3v) is 7.40. The molecule has 2 amide bonds. The van der Waals surface area contributed by atoms with Gasteiger partial charge in [-0.2, -0.15) is 0 Å². The SMILES string of the molecule is CCc1cccc(CNC[C@H](O)[C@H](Cc2cc(F)cc(F)c2)NC(=O)c2ccc(CNC(=O)C3CCC3)cc2)c1. The van der Waals surface area contributed by atoms with Crippen molar-refractivity contribution in [3.63, 3.8) is 0 Å². The molecule has 0 radical (unpaired) electrons. The van der Waals surface area contributed by atoms with E-state index in [-0.39, 0.29) is 24.8 Å². The Bertz CT molecular complexity index is 1270. The summed E-state index contributed by atoms with van der Waals surface area (Å²) in [5.74, 6) is -1.69. The lowest BCUT2D eigenvalue weighted by Crippen LogP contribution is -2.48. The third kappa shape index (κ3) is 8.44. The van der Waals surface area contributed by atoms with Gasteiger partial charge in [-0.3, -0.25) is 9.59 Å². The maximum Gasteiger partial charge on any atom is 0.251 e. The quantitative estimate of drug-likeness (QED) is 0.254. The highest BCUT2D eigenvalue weighted by molar-refractivity contribution is 5.94. The van der Waals surface area contributed by atoms with Gasteiger partial charge in [0.15, 0.2) is 0 Å². The largest absolute Gasteiger partial charge is 0.390 e. The van der Waals surface area contributed by atoms with E-state index in [4.69, 9.17) is 0 Å². The number of aliphatic hydroxyl groups excluding tert-OH is 1. The second-order valence-electron chi connectivity index (χ2n) is 10.5. The maximum absolute atomic E-state index is 13.8. The number of rotatable bonds is 13. The van der Waals surface area contributed by atoms with Crippen molar-refractivity contribution in [3.8, 4) is 0 Å². The predicted octanol–water partition coefficient (Wildman–Crippen LogP) is 4.44. The zero-order chi connectivity index (χ0) is 28.5. The minimum absolute atomic E-state index is 0.0415. The molecule has 0 spiro atoms.